The first-order chi connectivity index (χ1) is 8.19. The zero-order valence-corrected chi connectivity index (χ0v) is 10.1. The molecule has 2 rings (SSSR count). The highest BCUT2D eigenvalue weighted by Crippen LogP contribution is 2.24. The molecule has 2 N–H and O–H groups in total. The van der Waals surface area contributed by atoms with Crippen LogP contribution in [0, 0.1) is 5.92 Å². The monoisotopic (exact) mass is 233 g/mol. The SMILES string of the molecule is CC1CCC(NC(=O)c2ccc(CO)cc2)C1. The molecule has 2 unspecified atom stereocenters. The zero-order chi connectivity index (χ0) is 12.3. The minimum absolute atomic E-state index is 0.00594. The van der Waals surface area contributed by atoms with Gasteiger partial charge in [0.1, 0.15) is 0 Å². The van der Waals surface area contributed by atoms with Crippen LogP contribution >= 0.6 is 0 Å². The highest BCUT2D eigenvalue weighted by Gasteiger charge is 2.22. The van der Waals surface area contributed by atoms with Crippen molar-refractivity contribution in [2.24, 2.45) is 5.92 Å². The number of nitrogens with one attached hydrogen (secondary N) is 1. The highest BCUT2D eigenvalue weighted by atomic mass is 16.3. The number of carbonyl (C=O) groups excluding carboxylic acids is 1. The molecule has 1 aliphatic rings. The lowest BCUT2D eigenvalue weighted by atomic mass is 10.1. The van der Waals surface area contributed by atoms with E-state index < -0.39 is 0 Å². The van der Waals surface area contributed by atoms with Gasteiger partial charge in [-0.3, -0.25) is 4.79 Å². The molecular formula is C14H19NO2. The van der Waals surface area contributed by atoms with Gasteiger partial charge in [-0.05, 0) is 42.9 Å². The molecule has 0 radical (unpaired) electrons. The summed E-state index contributed by atoms with van der Waals surface area (Å²) in [6, 6.07) is 7.42. The van der Waals surface area contributed by atoms with E-state index in [-0.39, 0.29) is 12.5 Å². The smallest absolute Gasteiger partial charge is 0.251 e. The minimum Gasteiger partial charge on any atom is -0.392 e. The molecule has 3 nitrogen and oxygen atoms in total. The van der Waals surface area contributed by atoms with E-state index in [9.17, 15) is 4.79 Å². The lowest BCUT2D eigenvalue weighted by Crippen LogP contribution is -2.32. The molecule has 1 aromatic rings. The summed E-state index contributed by atoms with van der Waals surface area (Å²) < 4.78 is 0. The molecule has 0 saturated heterocycles. The van der Waals surface area contributed by atoms with Gasteiger partial charge >= 0.3 is 0 Å². The van der Waals surface area contributed by atoms with Gasteiger partial charge in [0.05, 0.1) is 6.61 Å². The van der Waals surface area contributed by atoms with Crippen molar-refractivity contribution < 1.29 is 9.90 Å². The summed E-state index contributed by atoms with van der Waals surface area (Å²) in [4.78, 5) is 11.9. The van der Waals surface area contributed by atoms with Gasteiger partial charge in [-0.2, -0.15) is 0 Å². The summed E-state index contributed by atoms with van der Waals surface area (Å²) in [5.41, 5.74) is 1.50. The van der Waals surface area contributed by atoms with Crippen LogP contribution in [0.15, 0.2) is 24.3 Å². The van der Waals surface area contributed by atoms with Crippen molar-refractivity contribution in [3.8, 4) is 0 Å². The quantitative estimate of drug-likeness (QED) is 0.840. The van der Waals surface area contributed by atoms with Crippen molar-refractivity contribution in [3.63, 3.8) is 0 Å². The fourth-order valence-electron chi connectivity index (χ4n) is 2.37. The molecule has 92 valence electrons. The van der Waals surface area contributed by atoms with Crippen LogP contribution in [-0.4, -0.2) is 17.1 Å². The molecule has 1 amide bonds. The van der Waals surface area contributed by atoms with Crippen LogP contribution < -0.4 is 5.32 Å². The maximum atomic E-state index is 11.9. The third kappa shape index (κ3) is 3.07. The van der Waals surface area contributed by atoms with Gasteiger partial charge in [-0.1, -0.05) is 19.1 Å². The number of hydrogen-bond donors (Lipinski definition) is 2. The fourth-order valence-corrected chi connectivity index (χ4v) is 2.37. The van der Waals surface area contributed by atoms with Crippen LogP contribution in [0.1, 0.15) is 42.1 Å². The molecule has 0 heterocycles. The Labute approximate surface area is 102 Å². The first-order valence-corrected chi connectivity index (χ1v) is 6.19. The van der Waals surface area contributed by atoms with Gasteiger partial charge in [-0.25, -0.2) is 0 Å². The van der Waals surface area contributed by atoms with Gasteiger partial charge in [-0.15, -0.1) is 0 Å². The van der Waals surface area contributed by atoms with Crippen LogP contribution in [0.5, 0.6) is 0 Å². The molecule has 0 aliphatic heterocycles. The highest BCUT2D eigenvalue weighted by molar-refractivity contribution is 5.94. The summed E-state index contributed by atoms with van der Waals surface area (Å²) in [5.74, 6) is 0.714. The number of aliphatic hydroxyl groups excluding tert-OH is 1. The van der Waals surface area contributed by atoms with Gasteiger partial charge in [0.25, 0.3) is 5.91 Å². The van der Waals surface area contributed by atoms with Gasteiger partial charge in [0, 0.05) is 11.6 Å². The standard InChI is InChI=1S/C14H19NO2/c1-10-2-7-13(8-10)15-14(17)12-5-3-11(9-16)4-6-12/h3-6,10,13,16H,2,7-9H2,1H3,(H,15,17). The van der Waals surface area contributed by atoms with Gasteiger partial charge in [0.15, 0.2) is 0 Å². The van der Waals surface area contributed by atoms with E-state index in [0.29, 0.717) is 11.6 Å². The Bertz CT molecular complexity index is 386. The summed E-state index contributed by atoms with van der Waals surface area (Å²) in [5, 5.41) is 12.0. The van der Waals surface area contributed by atoms with Crippen molar-refractivity contribution >= 4 is 5.91 Å². The number of rotatable bonds is 3. The molecule has 0 spiro atoms. The number of amides is 1. The third-order valence-corrected chi connectivity index (χ3v) is 3.43. The molecule has 1 fully saturated rings. The van der Waals surface area contributed by atoms with Crippen molar-refractivity contribution in [1.29, 1.82) is 0 Å². The van der Waals surface area contributed by atoms with Crippen molar-refractivity contribution in [2.75, 3.05) is 0 Å². The summed E-state index contributed by atoms with van der Waals surface area (Å²) in [7, 11) is 0. The van der Waals surface area contributed by atoms with Crippen molar-refractivity contribution in [2.45, 2.75) is 38.8 Å². The predicted molar refractivity (Wildman–Crippen MR) is 66.6 cm³/mol. The first kappa shape index (κ1) is 12.1. The molecule has 1 aliphatic carbocycles. The van der Waals surface area contributed by atoms with Crippen LogP contribution in [0.25, 0.3) is 0 Å². The van der Waals surface area contributed by atoms with Crippen LogP contribution in [0.4, 0.5) is 0 Å². The number of aliphatic hydroxyl groups is 1. The van der Waals surface area contributed by atoms with E-state index in [4.69, 9.17) is 5.11 Å². The Balaban J connectivity index is 1.94. The van der Waals surface area contributed by atoms with Gasteiger partial charge < -0.3 is 10.4 Å². The normalized spacial score (nSPS) is 23.6. The average Bonchev–Trinajstić information content (AvgIpc) is 2.75. The Hall–Kier alpha value is -1.35. The van der Waals surface area contributed by atoms with Crippen molar-refractivity contribution in [1.82, 2.24) is 5.32 Å². The third-order valence-electron chi connectivity index (χ3n) is 3.43. The number of hydrogen-bond acceptors (Lipinski definition) is 2. The molecule has 17 heavy (non-hydrogen) atoms. The summed E-state index contributed by atoms with van der Waals surface area (Å²) in [6.45, 7) is 2.24. The molecule has 3 heteroatoms. The molecule has 1 saturated carbocycles. The van der Waals surface area contributed by atoms with Gasteiger partial charge in [0.2, 0.25) is 0 Å². The van der Waals surface area contributed by atoms with Crippen LogP contribution in [0.3, 0.4) is 0 Å². The molecule has 1 aromatic carbocycles. The Kier molecular flexibility index (Phi) is 3.79. The molecule has 0 bridgehead atoms. The first-order valence-electron chi connectivity index (χ1n) is 6.19. The predicted octanol–water partition coefficient (Wildman–Crippen LogP) is 2.10. The lowest BCUT2D eigenvalue weighted by Gasteiger charge is -2.12. The van der Waals surface area contributed by atoms with Crippen LogP contribution in [-0.2, 0) is 6.61 Å². The second kappa shape index (κ2) is 5.32. The van der Waals surface area contributed by atoms with E-state index in [2.05, 4.69) is 12.2 Å². The largest absolute Gasteiger partial charge is 0.392 e. The Morgan fingerprint density at radius 2 is 2.06 bits per heavy atom. The molecule has 2 atom stereocenters. The van der Waals surface area contributed by atoms with E-state index in [0.717, 1.165) is 24.3 Å². The maximum Gasteiger partial charge on any atom is 0.251 e. The fraction of sp³-hybridized carbons (Fsp3) is 0.500. The Morgan fingerprint density at radius 3 is 2.59 bits per heavy atom. The summed E-state index contributed by atoms with van der Waals surface area (Å²) >= 11 is 0. The lowest BCUT2D eigenvalue weighted by molar-refractivity contribution is 0.0937. The number of benzene rings is 1. The van der Waals surface area contributed by atoms with E-state index in [1.165, 1.54) is 6.42 Å². The topological polar surface area (TPSA) is 49.3 Å². The van der Waals surface area contributed by atoms with E-state index in [1.807, 2.05) is 0 Å². The number of carbonyl (C=O) groups is 1. The summed E-state index contributed by atoms with van der Waals surface area (Å²) in [6.07, 6.45) is 3.37. The Morgan fingerprint density at radius 1 is 1.35 bits per heavy atom. The van der Waals surface area contributed by atoms with E-state index >= 15 is 0 Å². The van der Waals surface area contributed by atoms with Crippen LogP contribution in [0.2, 0.25) is 0 Å². The molecular weight excluding hydrogens is 214 g/mol. The van der Waals surface area contributed by atoms with Crippen molar-refractivity contribution in [3.05, 3.63) is 35.4 Å². The molecule has 0 aromatic heterocycles. The zero-order valence-electron chi connectivity index (χ0n) is 10.1. The second-order valence-electron chi connectivity index (χ2n) is 4.94. The second-order valence-corrected chi connectivity index (χ2v) is 4.94. The maximum absolute atomic E-state index is 11.9. The van der Waals surface area contributed by atoms with E-state index in [1.54, 1.807) is 24.3 Å². The average molecular weight is 233 g/mol. The minimum atomic E-state index is -0.00594.